The lowest BCUT2D eigenvalue weighted by Gasteiger charge is -2.08. The van der Waals surface area contributed by atoms with Gasteiger partial charge in [-0.05, 0) is 49.9 Å². The predicted octanol–water partition coefficient (Wildman–Crippen LogP) is 2.30. The summed E-state index contributed by atoms with van der Waals surface area (Å²) in [4.78, 5) is 0. The highest BCUT2D eigenvalue weighted by Gasteiger charge is 2.03. The summed E-state index contributed by atoms with van der Waals surface area (Å²) in [6.07, 6.45) is 1.80. The minimum Gasteiger partial charge on any atom is -0.396 e. The van der Waals surface area contributed by atoms with Gasteiger partial charge in [0, 0.05) is 13.2 Å². The molecule has 0 amide bonds. The highest BCUT2D eigenvalue weighted by atomic mass is 19.1. The molecule has 0 saturated heterocycles. The van der Waals surface area contributed by atoms with Crippen molar-refractivity contribution in [3.05, 3.63) is 34.6 Å². The molecule has 0 spiro atoms. The van der Waals surface area contributed by atoms with Crippen LogP contribution in [0.15, 0.2) is 12.1 Å². The highest BCUT2D eigenvalue weighted by molar-refractivity contribution is 5.30. The topological polar surface area (TPSA) is 32.3 Å². The normalized spacial score (nSPS) is 10.8. The van der Waals surface area contributed by atoms with Crippen LogP contribution < -0.4 is 5.32 Å². The fourth-order valence-corrected chi connectivity index (χ4v) is 1.73. The molecule has 3 heteroatoms. The minimum atomic E-state index is -0.107. The van der Waals surface area contributed by atoms with Gasteiger partial charge in [-0.2, -0.15) is 0 Å². The maximum absolute atomic E-state index is 13.4. The SMILES string of the molecule is Cc1cc(CNCCCCO)cc(C)c1F. The second kappa shape index (κ2) is 6.61. The Morgan fingerprint density at radius 1 is 1.19 bits per heavy atom. The summed E-state index contributed by atoms with van der Waals surface area (Å²) in [5.41, 5.74) is 2.51. The fraction of sp³-hybridized carbons (Fsp3) is 0.538. The molecule has 90 valence electrons. The van der Waals surface area contributed by atoms with Gasteiger partial charge in [0.05, 0.1) is 0 Å². The lowest BCUT2D eigenvalue weighted by molar-refractivity contribution is 0.283. The van der Waals surface area contributed by atoms with Crippen molar-refractivity contribution < 1.29 is 9.50 Å². The third-order valence-electron chi connectivity index (χ3n) is 2.59. The molecular weight excluding hydrogens is 205 g/mol. The molecule has 1 rings (SSSR count). The number of aliphatic hydroxyl groups excluding tert-OH is 1. The minimum absolute atomic E-state index is 0.107. The summed E-state index contributed by atoms with van der Waals surface area (Å²) in [5.74, 6) is -0.107. The van der Waals surface area contributed by atoms with E-state index in [4.69, 9.17) is 5.11 Å². The van der Waals surface area contributed by atoms with E-state index in [0.717, 1.165) is 31.5 Å². The molecule has 1 aromatic rings. The van der Waals surface area contributed by atoms with E-state index in [1.807, 2.05) is 12.1 Å². The first-order valence-corrected chi connectivity index (χ1v) is 5.72. The first-order chi connectivity index (χ1) is 7.65. The quantitative estimate of drug-likeness (QED) is 0.728. The monoisotopic (exact) mass is 225 g/mol. The van der Waals surface area contributed by atoms with Gasteiger partial charge < -0.3 is 10.4 Å². The Morgan fingerprint density at radius 2 is 1.81 bits per heavy atom. The van der Waals surface area contributed by atoms with Crippen LogP contribution >= 0.6 is 0 Å². The predicted molar refractivity (Wildman–Crippen MR) is 63.9 cm³/mol. The Labute approximate surface area is 96.5 Å². The number of unbranched alkanes of at least 4 members (excludes halogenated alkanes) is 1. The molecule has 0 unspecified atom stereocenters. The Hall–Kier alpha value is -0.930. The van der Waals surface area contributed by atoms with Crippen LogP contribution in [0.25, 0.3) is 0 Å². The van der Waals surface area contributed by atoms with Gasteiger partial charge in [-0.15, -0.1) is 0 Å². The summed E-state index contributed by atoms with van der Waals surface area (Å²) in [6, 6.07) is 3.75. The van der Waals surface area contributed by atoms with E-state index >= 15 is 0 Å². The molecule has 0 aliphatic heterocycles. The van der Waals surface area contributed by atoms with E-state index in [9.17, 15) is 4.39 Å². The zero-order valence-electron chi connectivity index (χ0n) is 10.0. The molecule has 0 aliphatic carbocycles. The Balaban J connectivity index is 2.43. The molecule has 0 aliphatic rings. The van der Waals surface area contributed by atoms with E-state index < -0.39 is 0 Å². The summed E-state index contributed by atoms with van der Waals surface area (Å²) >= 11 is 0. The summed E-state index contributed by atoms with van der Waals surface area (Å²) in [5, 5.41) is 11.9. The van der Waals surface area contributed by atoms with E-state index in [-0.39, 0.29) is 12.4 Å². The van der Waals surface area contributed by atoms with E-state index in [2.05, 4.69) is 5.32 Å². The fourth-order valence-electron chi connectivity index (χ4n) is 1.73. The number of aliphatic hydroxyl groups is 1. The lowest BCUT2D eigenvalue weighted by Crippen LogP contribution is -2.15. The largest absolute Gasteiger partial charge is 0.396 e. The number of nitrogens with one attached hydrogen (secondary N) is 1. The van der Waals surface area contributed by atoms with Crippen LogP contribution in [0.4, 0.5) is 4.39 Å². The molecule has 0 aromatic heterocycles. The Bertz CT molecular complexity index is 316. The van der Waals surface area contributed by atoms with Gasteiger partial charge >= 0.3 is 0 Å². The van der Waals surface area contributed by atoms with Crippen molar-refractivity contribution in [3.63, 3.8) is 0 Å². The highest BCUT2D eigenvalue weighted by Crippen LogP contribution is 2.14. The Morgan fingerprint density at radius 3 is 2.38 bits per heavy atom. The average Bonchev–Trinajstić information content (AvgIpc) is 2.25. The first kappa shape index (κ1) is 13.1. The lowest BCUT2D eigenvalue weighted by atomic mass is 10.1. The van der Waals surface area contributed by atoms with Crippen molar-refractivity contribution in [1.29, 1.82) is 0 Å². The third-order valence-corrected chi connectivity index (χ3v) is 2.59. The summed E-state index contributed by atoms with van der Waals surface area (Å²) < 4.78 is 13.4. The molecule has 0 radical (unpaired) electrons. The number of benzene rings is 1. The summed E-state index contributed by atoms with van der Waals surface area (Å²) in [7, 11) is 0. The third kappa shape index (κ3) is 3.91. The second-order valence-corrected chi connectivity index (χ2v) is 4.15. The molecule has 2 nitrogen and oxygen atoms in total. The summed E-state index contributed by atoms with van der Waals surface area (Å²) in [6.45, 7) is 5.47. The molecule has 2 N–H and O–H groups in total. The molecular formula is C13H20FNO. The van der Waals surface area contributed by atoms with Crippen molar-refractivity contribution in [2.45, 2.75) is 33.2 Å². The molecule has 0 atom stereocenters. The van der Waals surface area contributed by atoms with Crippen LogP contribution in [0.3, 0.4) is 0 Å². The average molecular weight is 225 g/mol. The van der Waals surface area contributed by atoms with Crippen LogP contribution in [-0.2, 0) is 6.54 Å². The van der Waals surface area contributed by atoms with Gasteiger partial charge in [-0.25, -0.2) is 4.39 Å². The molecule has 0 heterocycles. The molecule has 0 fully saturated rings. The van der Waals surface area contributed by atoms with Crippen LogP contribution in [0.5, 0.6) is 0 Å². The van der Waals surface area contributed by atoms with Crippen molar-refractivity contribution >= 4 is 0 Å². The van der Waals surface area contributed by atoms with E-state index in [1.165, 1.54) is 0 Å². The Kier molecular flexibility index (Phi) is 5.43. The number of rotatable bonds is 6. The van der Waals surface area contributed by atoms with Gasteiger partial charge in [0.2, 0.25) is 0 Å². The first-order valence-electron chi connectivity index (χ1n) is 5.72. The van der Waals surface area contributed by atoms with Crippen LogP contribution in [0.2, 0.25) is 0 Å². The van der Waals surface area contributed by atoms with Gasteiger partial charge in [-0.1, -0.05) is 12.1 Å². The van der Waals surface area contributed by atoms with Crippen LogP contribution in [0, 0.1) is 19.7 Å². The van der Waals surface area contributed by atoms with E-state index in [0.29, 0.717) is 11.1 Å². The van der Waals surface area contributed by atoms with E-state index in [1.54, 1.807) is 13.8 Å². The zero-order valence-corrected chi connectivity index (χ0v) is 10.0. The molecule has 16 heavy (non-hydrogen) atoms. The number of aryl methyl sites for hydroxylation is 2. The maximum Gasteiger partial charge on any atom is 0.129 e. The van der Waals surface area contributed by atoms with Crippen molar-refractivity contribution in [2.75, 3.05) is 13.2 Å². The number of hydrogen-bond acceptors (Lipinski definition) is 2. The van der Waals surface area contributed by atoms with Crippen molar-refractivity contribution in [2.24, 2.45) is 0 Å². The second-order valence-electron chi connectivity index (χ2n) is 4.15. The van der Waals surface area contributed by atoms with Gasteiger partial charge in [0.25, 0.3) is 0 Å². The van der Waals surface area contributed by atoms with Crippen LogP contribution in [-0.4, -0.2) is 18.3 Å². The zero-order chi connectivity index (χ0) is 12.0. The molecule has 0 saturated carbocycles. The van der Waals surface area contributed by atoms with Gasteiger partial charge in [0.1, 0.15) is 5.82 Å². The number of halogens is 1. The van der Waals surface area contributed by atoms with Gasteiger partial charge in [0.15, 0.2) is 0 Å². The maximum atomic E-state index is 13.4. The van der Waals surface area contributed by atoms with Crippen molar-refractivity contribution in [3.8, 4) is 0 Å². The molecule has 0 bridgehead atoms. The number of hydrogen-bond donors (Lipinski definition) is 2. The smallest absolute Gasteiger partial charge is 0.129 e. The van der Waals surface area contributed by atoms with Gasteiger partial charge in [-0.3, -0.25) is 0 Å². The standard InChI is InChI=1S/C13H20FNO/c1-10-7-12(8-11(2)13(10)14)9-15-5-3-4-6-16/h7-8,15-16H,3-6,9H2,1-2H3. The van der Waals surface area contributed by atoms with Crippen molar-refractivity contribution in [1.82, 2.24) is 5.32 Å². The molecule has 1 aromatic carbocycles. The van der Waals surface area contributed by atoms with Crippen LogP contribution in [0.1, 0.15) is 29.5 Å².